The first-order valence-electron chi connectivity index (χ1n) is 2.00. The Labute approximate surface area is 36.3 Å². The molecule has 0 aromatic rings. The summed E-state index contributed by atoms with van der Waals surface area (Å²) >= 11 is 0. The molecule has 1 fully saturated rings. The fraction of sp³-hybridized carbons (Fsp3) is 1.00. The highest BCUT2D eigenvalue weighted by Crippen LogP contribution is 2.15. The van der Waals surface area contributed by atoms with Crippen LogP contribution in [0.15, 0.2) is 0 Å². The molecule has 1 saturated carbocycles. The van der Waals surface area contributed by atoms with Gasteiger partial charge in [-0.15, -0.1) is 0 Å². The predicted molar refractivity (Wildman–Crippen MR) is 23.5 cm³/mol. The van der Waals surface area contributed by atoms with E-state index < -0.39 is 0 Å². The lowest BCUT2D eigenvalue weighted by Gasteiger charge is -2.05. The van der Waals surface area contributed by atoms with Crippen molar-refractivity contribution in [3.05, 3.63) is 0 Å². The molecule has 2 heteroatoms. The van der Waals surface area contributed by atoms with E-state index in [0.717, 1.165) is 0 Å². The molecule has 0 aromatic carbocycles. The smallest absolute Gasteiger partial charge is 0.0533 e. The highest BCUT2D eigenvalue weighted by atomic mass is 19.0. The SMILES string of the molecule is C1CCC1.F.F. The molecule has 40 valence electrons. The molecule has 0 spiro atoms. The topological polar surface area (TPSA) is 0 Å². The van der Waals surface area contributed by atoms with E-state index in [1.807, 2.05) is 0 Å². The molecule has 0 atom stereocenters. The van der Waals surface area contributed by atoms with Crippen LogP contribution in [0, 0.1) is 0 Å². The van der Waals surface area contributed by atoms with E-state index in [1.165, 1.54) is 25.7 Å². The molecule has 0 aromatic heterocycles. The van der Waals surface area contributed by atoms with Crippen molar-refractivity contribution in [3.63, 3.8) is 0 Å². The molecule has 0 saturated heterocycles. The minimum Gasteiger partial charge on any atom is -0.269 e. The number of hydrogen-bond donors (Lipinski definition) is 0. The van der Waals surface area contributed by atoms with Crippen LogP contribution in [0.3, 0.4) is 0 Å². The monoisotopic (exact) mass is 96.1 g/mol. The summed E-state index contributed by atoms with van der Waals surface area (Å²) in [6.45, 7) is 0. The van der Waals surface area contributed by atoms with E-state index in [9.17, 15) is 0 Å². The Morgan fingerprint density at radius 2 is 0.667 bits per heavy atom. The fourth-order valence-electron chi connectivity index (χ4n) is 0.250. The van der Waals surface area contributed by atoms with E-state index in [0.29, 0.717) is 0 Å². The molecular formula is C4H10F2. The normalized spacial score (nSPS) is 16.0. The highest BCUT2D eigenvalue weighted by Gasteiger charge is 1.95. The molecular weight excluding hydrogens is 86.0 g/mol. The Morgan fingerprint density at radius 3 is 0.667 bits per heavy atom. The van der Waals surface area contributed by atoms with Crippen LogP contribution in [0.25, 0.3) is 0 Å². The molecule has 1 rings (SSSR count). The number of hydrogen-bond acceptors (Lipinski definition) is 0. The molecule has 0 nitrogen and oxygen atoms in total. The van der Waals surface area contributed by atoms with Gasteiger partial charge in [-0.1, -0.05) is 25.7 Å². The third kappa shape index (κ3) is 2.12. The lowest BCUT2D eigenvalue weighted by Crippen LogP contribution is -1.85. The zero-order valence-electron chi connectivity index (χ0n) is 3.64. The molecule has 0 radical (unpaired) electrons. The van der Waals surface area contributed by atoms with Gasteiger partial charge in [0.15, 0.2) is 0 Å². The summed E-state index contributed by atoms with van der Waals surface area (Å²) in [6, 6.07) is 0. The Bertz CT molecular complexity index is 13.5. The average molecular weight is 96.1 g/mol. The van der Waals surface area contributed by atoms with Crippen LogP contribution < -0.4 is 0 Å². The van der Waals surface area contributed by atoms with E-state index in [4.69, 9.17) is 0 Å². The van der Waals surface area contributed by atoms with Gasteiger partial charge in [-0.3, -0.25) is 9.41 Å². The molecule has 6 heavy (non-hydrogen) atoms. The van der Waals surface area contributed by atoms with Gasteiger partial charge in [0.25, 0.3) is 0 Å². The second-order valence-corrected chi connectivity index (χ2v) is 1.41. The van der Waals surface area contributed by atoms with Crippen molar-refractivity contribution in [2.75, 3.05) is 0 Å². The summed E-state index contributed by atoms with van der Waals surface area (Å²) in [5, 5.41) is 0. The van der Waals surface area contributed by atoms with E-state index in [1.54, 1.807) is 0 Å². The third-order valence-electron chi connectivity index (χ3n) is 1.000. The Hall–Kier alpha value is -0.140. The van der Waals surface area contributed by atoms with Gasteiger partial charge in [0.2, 0.25) is 0 Å². The van der Waals surface area contributed by atoms with Crippen LogP contribution in [0.5, 0.6) is 0 Å². The standard InChI is InChI=1S/C4H8.2FH/c1-2-4-3-1;;/h1-4H2;2*1H. The predicted octanol–water partition coefficient (Wildman–Crippen LogP) is 1.87. The minimum absolute atomic E-state index is 0. The van der Waals surface area contributed by atoms with Gasteiger partial charge in [-0.2, -0.15) is 0 Å². The van der Waals surface area contributed by atoms with Gasteiger partial charge in [0, 0.05) is 0 Å². The van der Waals surface area contributed by atoms with E-state index >= 15 is 0 Å². The second kappa shape index (κ2) is 4.86. The molecule has 1 aliphatic carbocycles. The summed E-state index contributed by atoms with van der Waals surface area (Å²) in [4.78, 5) is 0. The summed E-state index contributed by atoms with van der Waals surface area (Å²) in [7, 11) is 0. The zero-order chi connectivity index (χ0) is 2.83. The van der Waals surface area contributed by atoms with Crippen molar-refractivity contribution in [1.82, 2.24) is 0 Å². The minimum atomic E-state index is 0. The van der Waals surface area contributed by atoms with Crippen molar-refractivity contribution in [3.8, 4) is 0 Å². The first-order chi connectivity index (χ1) is 2.00. The third-order valence-corrected chi connectivity index (χ3v) is 1.000. The van der Waals surface area contributed by atoms with Gasteiger partial charge >= 0.3 is 0 Å². The van der Waals surface area contributed by atoms with Crippen molar-refractivity contribution < 1.29 is 9.41 Å². The van der Waals surface area contributed by atoms with Gasteiger partial charge in [-0.25, -0.2) is 0 Å². The lowest BCUT2D eigenvalue weighted by molar-refractivity contribution is 0.504. The molecule has 0 N–H and O–H groups in total. The van der Waals surface area contributed by atoms with Crippen LogP contribution in [0.1, 0.15) is 25.7 Å². The van der Waals surface area contributed by atoms with Crippen LogP contribution in [-0.2, 0) is 0 Å². The maximum Gasteiger partial charge on any atom is -0.0533 e. The maximum atomic E-state index is 1.50. The van der Waals surface area contributed by atoms with Crippen molar-refractivity contribution >= 4 is 0 Å². The van der Waals surface area contributed by atoms with Crippen molar-refractivity contribution in [2.24, 2.45) is 0 Å². The molecule has 1 aliphatic rings. The number of rotatable bonds is 0. The number of halogens is 2. The van der Waals surface area contributed by atoms with Gasteiger partial charge in [-0.05, 0) is 0 Å². The van der Waals surface area contributed by atoms with Gasteiger partial charge < -0.3 is 0 Å². The Kier molecular flexibility index (Phi) is 7.52. The van der Waals surface area contributed by atoms with Gasteiger partial charge in [0.05, 0.1) is 0 Å². The highest BCUT2D eigenvalue weighted by molar-refractivity contribution is 4.50. The lowest BCUT2D eigenvalue weighted by atomic mass is 10.0. The first kappa shape index (κ1) is 9.29. The summed E-state index contributed by atoms with van der Waals surface area (Å²) < 4.78 is 0. The molecule has 0 aliphatic heterocycles. The summed E-state index contributed by atoms with van der Waals surface area (Å²) in [5.41, 5.74) is 0. The molecule has 0 amide bonds. The molecule has 0 unspecified atom stereocenters. The molecule has 0 bridgehead atoms. The first-order valence-corrected chi connectivity index (χ1v) is 2.00. The van der Waals surface area contributed by atoms with E-state index in [-0.39, 0.29) is 9.41 Å². The zero-order valence-corrected chi connectivity index (χ0v) is 3.64. The largest absolute Gasteiger partial charge is 0.269 e. The van der Waals surface area contributed by atoms with Crippen molar-refractivity contribution in [2.45, 2.75) is 25.7 Å². The average Bonchev–Trinajstić information content (AvgIpc) is 0.722. The Balaban J connectivity index is 0. The fourth-order valence-corrected chi connectivity index (χ4v) is 0.250. The summed E-state index contributed by atoms with van der Waals surface area (Å²) in [5.74, 6) is 0. The quantitative estimate of drug-likeness (QED) is 0.432. The van der Waals surface area contributed by atoms with Gasteiger partial charge in [0.1, 0.15) is 0 Å². The van der Waals surface area contributed by atoms with Crippen LogP contribution in [-0.4, -0.2) is 0 Å². The molecule has 0 heterocycles. The summed E-state index contributed by atoms with van der Waals surface area (Å²) in [6.07, 6.45) is 6.00. The van der Waals surface area contributed by atoms with Crippen molar-refractivity contribution in [1.29, 1.82) is 0 Å². The maximum absolute atomic E-state index is 1.50. The van der Waals surface area contributed by atoms with Crippen LogP contribution in [0.4, 0.5) is 9.41 Å². The van der Waals surface area contributed by atoms with Crippen LogP contribution >= 0.6 is 0 Å². The van der Waals surface area contributed by atoms with Crippen LogP contribution in [0.2, 0.25) is 0 Å². The van der Waals surface area contributed by atoms with E-state index in [2.05, 4.69) is 0 Å². The Morgan fingerprint density at radius 1 is 0.500 bits per heavy atom. The second-order valence-electron chi connectivity index (χ2n) is 1.41.